The molecule has 0 aromatic rings. The van der Waals surface area contributed by atoms with Crippen LogP contribution in [0.5, 0.6) is 0 Å². The number of piperidine rings is 1. The first-order chi connectivity index (χ1) is 8.63. The zero-order chi connectivity index (χ0) is 13.0. The van der Waals surface area contributed by atoms with E-state index >= 15 is 0 Å². The van der Waals surface area contributed by atoms with E-state index in [9.17, 15) is 9.18 Å². The highest BCUT2D eigenvalue weighted by molar-refractivity contribution is 5.68. The van der Waals surface area contributed by atoms with Crippen LogP contribution in [0.15, 0.2) is 0 Å². The van der Waals surface area contributed by atoms with Crippen LogP contribution in [0.2, 0.25) is 0 Å². The molecule has 0 bridgehead atoms. The molecule has 0 aromatic heterocycles. The van der Waals surface area contributed by atoms with Gasteiger partial charge in [0, 0.05) is 13.1 Å². The highest BCUT2D eigenvalue weighted by atomic mass is 19.2. The molecule has 2 rings (SSSR count). The second-order valence-corrected chi connectivity index (χ2v) is 4.87. The van der Waals surface area contributed by atoms with Crippen LogP contribution < -0.4 is 0 Å². The lowest BCUT2D eigenvalue weighted by molar-refractivity contribution is -0.191. The van der Waals surface area contributed by atoms with E-state index in [1.807, 2.05) is 4.90 Å². The zero-order valence-electron chi connectivity index (χ0n) is 10.7. The minimum absolute atomic E-state index is 0.126. The normalized spacial score (nSPS) is 22.7. The SMILES string of the molecule is CC#CCN1CC(F)(OC(=O)N2CCCCC2)C1. The largest absolute Gasteiger partial charge is 0.412 e. The third-order valence-electron chi connectivity index (χ3n) is 3.28. The van der Waals surface area contributed by atoms with Gasteiger partial charge in [-0.05, 0) is 26.2 Å². The fourth-order valence-electron chi connectivity index (χ4n) is 2.29. The molecule has 2 aliphatic rings. The molecule has 0 spiro atoms. The summed E-state index contributed by atoms with van der Waals surface area (Å²) in [5.74, 6) is 3.80. The van der Waals surface area contributed by atoms with Crippen molar-refractivity contribution in [1.29, 1.82) is 0 Å². The molecule has 4 nitrogen and oxygen atoms in total. The molecule has 18 heavy (non-hydrogen) atoms. The summed E-state index contributed by atoms with van der Waals surface area (Å²) in [5.41, 5.74) is 0. The van der Waals surface area contributed by atoms with Crippen molar-refractivity contribution in [2.45, 2.75) is 32.0 Å². The predicted octanol–water partition coefficient (Wildman–Crippen LogP) is 1.61. The maximum absolute atomic E-state index is 14.0. The van der Waals surface area contributed by atoms with Crippen molar-refractivity contribution in [2.24, 2.45) is 0 Å². The number of carbonyl (C=O) groups is 1. The summed E-state index contributed by atoms with van der Waals surface area (Å²) in [4.78, 5) is 15.2. The Morgan fingerprint density at radius 2 is 2.00 bits per heavy atom. The molecule has 100 valence electrons. The molecule has 0 aliphatic carbocycles. The lowest BCUT2D eigenvalue weighted by atomic mass is 10.1. The fourth-order valence-corrected chi connectivity index (χ4v) is 2.29. The van der Waals surface area contributed by atoms with Crippen LogP contribution in [0.25, 0.3) is 0 Å². The average molecular weight is 254 g/mol. The number of ether oxygens (including phenoxy) is 1. The van der Waals surface area contributed by atoms with Gasteiger partial charge in [0.05, 0.1) is 19.6 Å². The van der Waals surface area contributed by atoms with E-state index in [2.05, 4.69) is 11.8 Å². The van der Waals surface area contributed by atoms with Gasteiger partial charge in [-0.1, -0.05) is 5.92 Å². The molecule has 2 saturated heterocycles. The summed E-state index contributed by atoms with van der Waals surface area (Å²) in [7, 11) is 0. The van der Waals surface area contributed by atoms with Gasteiger partial charge in [0.1, 0.15) is 0 Å². The van der Waals surface area contributed by atoms with Crippen LogP contribution in [0.4, 0.5) is 9.18 Å². The Bertz CT molecular complexity index is 363. The van der Waals surface area contributed by atoms with E-state index in [1.165, 1.54) is 0 Å². The van der Waals surface area contributed by atoms with Crippen molar-refractivity contribution in [1.82, 2.24) is 9.80 Å². The van der Waals surface area contributed by atoms with Gasteiger partial charge < -0.3 is 9.64 Å². The molecule has 0 saturated carbocycles. The summed E-state index contributed by atoms with van der Waals surface area (Å²) in [6.45, 7) is 3.89. The summed E-state index contributed by atoms with van der Waals surface area (Å²) >= 11 is 0. The first kappa shape index (κ1) is 13.2. The molecular formula is C13H19FN2O2. The smallest absolute Gasteiger partial charge is 0.409 e. The minimum atomic E-state index is -1.82. The Hall–Kier alpha value is -1.28. The van der Waals surface area contributed by atoms with Crippen LogP contribution in [0.3, 0.4) is 0 Å². The van der Waals surface area contributed by atoms with Gasteiger partial charge in [0.15, 0.2) is 0 Å². The van der Waals surface area contributed by atoms with Gasteiger partial charge in [-0.25, -0.2) is 4.79 Å². The van der Waals surface area contributed by atoms with Gasteiger partial charge in [0.2, 0.25) is 0 Å². The van der Waals surface area contributed by atoms with Crippen LogP contribution in [0.1, 0.15) is 26.2 Å². The summed E-state index contributed by atoms with van der Waals surface area (Å²) < 4.78 is 19.0. The monoisotopic (exact) mass is 254 g/mol. The molecule has 1 amide bonds. The molecule has 2 aliphatic heterocycles. The molecule has 0 atom stereocenters. The Labute approximate surface area is 107 Å². The highest BCUT2D eigenvalue weighted by Crippen LogP contribution is 2.27. The van der Waals surface area contributed by atoms with Crippen LogP contribution in [0, 0.1) is 11.8 Å². The number of alkyl halides is 1. The number of likely N-dealkylation sites (tertiary alicyclic amines) is 2. The topological polar surface area (TPSA) is 32.8 Å². The van der Waals surface area contributed by atoms with E-state index in [4.69, 9.17) is 4.74 Å². The van der Waals surface area contributed by atoms with Crippen molar-refractivity contribution >= 4 is 6.09 Å². The molecule has 5 heteroatoms. The van der Waals surface area contributed by atoms with Gasteiger partial charge in [0.25, 0.3) is 5.85 Å². The highest BCUT2D eigenvalue weighted by Gasteiger charge is 2.47. The maximum Gasteiger partial charge on any atom is 0.412 e. The summed E-state index contributed by atoms with van der Waals surface area (Å²) in [5, 5.41) is 0. The Kier molecular flexibility index (Phi) is 4.07. The quantitative estimate of drug-likeness (QED) is 0.702. The third-order valence-corrected chi connectivity index (χ3v) is 3.28. The standard InChI is InChI=1S/C13H19FN2O2/c1-2-3-7-15-10-13(14,11-15)18-12(17)16-8-5-4-6-9-16/h4-11H2,1H3. The van der Waals surface area contributed by atoms with Gasteiger partial charge in [-0.15, -0.1) is 5.92 Å². The summed E-state index contributed by atoms with van der Waals surface area (Å²) in [6.07, 6.45) is 2.58. The van der Waals surface area contributed by atoms with Gasteiger partial charge in [-0.3, -0.25) is 4.90 Å². The summed E-state index contributed by atoms with van der Waals surface area (Å²) in [6, 6.07) is 0. The number of amides is 1. The molecule has 2 heterocycles. The number of carbonyl (C=O) groups excluding carboxylic acids is 1. The Morgan fingerprint density at radius 1 is 1.33 bits per heavy atom. The van der Waals surface area contributed by atoms with Crippen LogP contribution in [-0.4, -0.2) is 54.5 Å². The van der Waals surface area contributed by atoms with Gasteiger partial charge >= 0.3 is 6.09 Å². The lowest BCUT2D eigenvalue weighted by Crippen LogP contribution is -2.62. The zero-order valence-corrected chi connectivity index (χ0v) is 10.7. The van der Waals surface area contributed by atoms with E-state index in [1.54, 1.807) is 11.8 Å². The van der Waals surface area contributed by atoms with Crippen LogP contribution in [-0.2, 0) is 4.74 Å². The second kappa shape index (κ2) is 5.57. The Morgan fingerprint density at radius 3 is 2.61 bits per heavy atom. The second-order valence-electron chi connectivity index (χ2n) is 4.87. The molecule has 0 radical (unpaired) electrons. The molecule has 2 fully saturated rings. The maximum atomic E-state index is 14.0. The molecule has 0 unspecified atom stereocenters. The fraction of sp³-hybridized carbons (Fsp3) is 0.769. The Balaban J connectivity index is 1.75. The van der Waals surface area contributed by atoms with Gasteiger partial charge in [-0.2, -0.15) is 4.39 Å². The first-order valence-corrected chi connectivity index (χ1v) is 6.42. The number of hydrogen-bond donors (Lipinski definition) is 0. The van der Waals surface area contributed by atoms with Crippen molar-refractivity contribution in [3.8, 4) is 11.8 Å². The predicted molar refractivity (Wildman–Crippen MR) is 65.6 cm³/mol. The minimum Gasteiger partial charge on any atom is -0.409 e. The third kappa shape index (κ3) is 3.14. The van der Waals surface area contributed by atoms with Crippen molar-refractivity contribution in [3.05, 3.63) is 0 Å². The number of hydrogen-bond acceptors (Lipinski definition) is 3. The van der Waals surface area contributed by atoms with Crippen LogP contribution >= 0.6 is 0 Å². The number of halogens is 1. The number of nitrogens with zero attached hydrogens (tertiary/aromatic N) is 2. The van der Waals surface area contributed by atoms with E-state index in [0.717, 1.165) is 19.3 Å². The molecular weight excluding hydrogens is 235 g/mol. The van der Waals surface area contributed by atoms with E-state index < -0.39 is 11.9 Å². The first-order valence-electron chi connectivity index (χ1n) is 6.42. The average Bonchev–Trinajstić information content (AvgIpc) is 2.34. The van der Waals surface area contributed by atoms with Crippen molar-refractivity contribution in [2.75, 3.05) is 32.7 Å². The van der Waals surface area contributed by atoms with Crippen molar-refractivity contribution < 1.29 is 13.9 Å². The molecule has 0 aromatic carbocycles. The van der Waals surface area contributed by atoms with Crippen molar-refractivity contribution in [3.63, 3.8) is 0 Å². The lowest BCUT2D eigenvalue weighted by Gasteiger charge is -2.43. The van der Waals surface area contributed by atoms with E-state index in [-0.39, 0.29) is 13.1 Å². The number of rotatable bonds is 2. The van der Waals surface area contributed by atoms with E-state index in [0.29, 0.717) is 19.6 Å². The molecule has 0 N–H and O–H groups in total.